The maximum absolute atomic E-state index is 5.28. The average Bonchev–Trinajstić information content (AvgIpc) is 3.14. The van der Waals surface area contributed by atoms with Gasteiger partial charge < -0.3 is 0 Å². The molecule has 5 heteroatoms. The van der Waals surface area contributed by atoms with Gasteiger partial charge in [-0.05, 0) is 53.3 Å². The highest BCUT2D eigenvalue weighted by molar-refractivity contribution is 6.05. The summed E-state index contributed by atoms with van der Waals surface area (Å²) in [4.78, 5) is 25.4. The van der Waals surface area contributed by atoms with Gasteiger partial charge in [0.1, 0.15) is 0 Å². The minimum absolute atomic E-state index is 0.309. The van der Waals surface area contributed by atoms with Crippen molar-refractivity contribution < 1.29 is 0 Å². The molecule has 0 fully saturated rings. The van der Waals surface area contributed by atoms with Crippen molar-refractivity contribution in [3.8, 4) is 45.2 Å². The summed E-state index contributed by atoms with van der Waals surface area (Å²) in [6.45, 7) is 8.88. The van der Waals surface area contributed by atoms with Crippen molar-refractivity contribution in [1.29, 1.82) is 0 Å². The van der Waals surface area contributed by atoms with Crippen molar-refractivity contribution in [3.63, 3.8) is 0 Å². The molecule has 0 bridgehead atoms. The molecule has 0 aliphatic rings. The summed E-state index contributed by atoms with van der Waals surface area (Å²) in [6.07, 6.45) is 1.84. The van der Waals surface area contributed by atoms with E-state index in [1.807, 2.05) is 36.5 Å². The molecule has 0 saturated heterocycles. The number of aromatic nitrogens is 5. The lowest BCUT2D eigenvalue weighted by Gasteiger charge is -2.16. The summed E-state index contributed by atoms with van der Waals surface area (Å²) in [7, 11) is 0. The fraction of sp³-hybridized carbons (Fsp3) is 0.140. The highest BCUT2D eigenvalue weighted by atomic mass is 14.9. The number of fused-ring (bicyclic) bond motifs is 4. The van der Waals surface area contributed by atoms with E-state index >= 15 is 0 Å². The largest absolute Gasteiger partial charge is 0.256 e. The van der Waals surface area contributed by atoms with Crippen LogP contribution in [0.5, 0.6) is 0 Å². The number of hydrogen-bond donors (Lipinski definition) is 0. The molecule has 8 rings (SSSR count). The van der Waals surface area contributed by atoms with E-state index in [0.29, 0.717) is 17.7 Å². The molecule has 0 unspecified atom stereocenters. The predicted octanol–water partition coefficient (Wildman–Crippen LogP) is 11.0. The van der Waals surface area contributed by atoms with Gasteiger partial charge in [-0.2, -0.15) is 0 Å². The van der Waals surface area contributed by atoms with Crippen LogP contribution < -0.4 is 0 Å². The van der Waals surface area contributed by atoms with Gasteiger partial charge in [-0.15, -0.1) is 0 Å². The van der Waals surface area contributed by atoms with Gasteiger partial charge in [-0.25, -0.2) is 15.0 Å². The van der Waals surface area contributed by atoms with Crippen LogP contribution in [0.4, 0.5) is 0 Å². The van der Waals surface area contributed by atoms with E-state index in [0.717, 1.165) is 77.7 Å². The maximum Gasteiger partial charge on any atom is 0.160 e. The molecule has 4 aromatic carbocycles. The standard InChI is InChI=1S/C43H35N5/c1-26(2)35-24-37(27(3)4)46-42-34(35)20-18-30-19-21-36(45-41(30)42)39-25-38(28-11-6-5-7-12-28)47-43(48-39)32-15-8-14-31(23-32)33-17-9-13-29-16-10-22-44-40(29)33/h5-27H,1-4H3. The van der Waals surface area contributed by atoms with Crippen LogP contribution in [-0.2, 0) is 0 Å². The Morgan fingerprint density at radius 1 is 0.458 bits per heavy atom. The van der Waals surface area contributed by atoms with E-state index in [-0.39, 0.29) is 0 Å². The van der Waals surface area contributed by atoms with E-state index in [9.17, 15) is 0 Å². The molecule has 5 nitrogen and oxygen atoms in total. The van der Waals surface area contributed by atoms with Gasteiger partial charge in [0, 0.05) is 44.7 Å². The summed E-state index contributed by atoms with van der Waals surface area (Å²) in [5, 5.41) is 3.32. The van der Waals surface area contributed by atoms with Crippen LogP contribution in [0, 0.1) is 0 Å². The number of benzene rings is 4. The molecular formula is C43H35N5. The van der Waals surface area contributed by atoms with Crippen molar-refractivity contribution >= 4 is 32.7 Å². The van der Waals surface area contributed by atoms with E-state index in [2.05, 4.69) is 119 Å². The Labute approximate surface area is 280 Å². The molecule has 8 aromatic rings. The second-order valence-electron chi connectivity index (χ2n) is 13.0. The SMILES string of the molecule is CC(C)c1cc(C(C)C)c2ccc3ccc(-c4cc(-c5ccccc5)nc(-c5cccc(-c6cccc7cccnc67)c5)n4)nc3c2n1. The van der Waals surface area contributed by atoms with Crippen LogP contribution >= 0.6 is 0 Å². The van der Waals surface area contributed by atoms with Crippen LogP contribution in [-0.4, -0.2) is 24.9 Å². The molecule has 0 saturated carbocycles. The highest BCUT2D eigenvalue weighted by Crippen LogP contribution is 2.35. The predicted molar refractivity (Wildman–Crippen MR) is 198 cm³/mol. The summed E-state index contributed by atoms with van der Waals surface area (Å²) in [5.74, 6) is 1.32. The number of nitrogens with zero attached hydrogens (tertiary/aromatic N) is 5. The van der Waals surface area contributed by atoms with E-state index in [1.54, 1.807) is 0 Å². The van der Waals surface area contributed by atoms with Crippen molar-refractivity contribution in [2.75, 3.05) is 0 Å². The summed E-state index contributed by atoms with van der Waals surface area (Å²) in [6, 6.07) is 41.9. The van der Waals surface area contributed by atoms with Gasteiger partial charge >= 0.3 is 0 Å². The Morgan fingerprint density at radius 3 is 2.02 bits per heavy atom. The Balaban J connectivity index is 1.32. The third-order valence-corrected chi connectivity index (χ3v) is 9.03. The second-order valence-corrected chi connectivity index (χ2v) is 13.0. The van der Waals surface area contributed by atoms with E-state index < -0.39 is 0 Å². The molecule has 0 N–H and O–H groups in total. The lowest BCUT2D eigenvalue weighted by Crippen LogP contribution is -2.01. The monoisotopic (exact) mass is 621 g/mol. The number of pyridine rings is 3. The zero-order valence-electron chi connectivity index (χ0n) is 27.5. The van der Waals surface area contributed by atoms with Crippen LogP contribution in [0.1, 0.15) is 50.8 Å². The van der Waals surface area contributed by atoms with Gasteiger partial charge in [0.2, 0.25) is 0 Å². The minimum atomic E-state index is 0.309. The van der Waals surface area contributed by atoms with Gasteiger partial charge in [0.15, 0.2) is 5.82 Å². The Morgan fingerprint density at radius 2 is 1.19 bits per heavy atom. The van der Waals surface area contributed by atoms with E-state index in [1.165, 1.54) is 5.56 Å². The number of hydrogen-bond acceptors (Lipinski definition) is 5. The number of rotatable bonds is 6. The van der Waals surface area contributed by atoms with Crippen LogP contribution in [0.15, 0.2) is 128 Å². The Hall–Kier alpha value is -5.81. The Bertz CT molecular complexity index is 2460. The van der Waals surface area contributed by atoms with Gasteiger partial charge in [0.05, 0.1) is 33.6 Å². The van der Waals surface area contributed by atoms with Crippen molar-refractivity contribution in [2.24, 2.45) is 0 Å². The van der Waals surface area contributed by atoms with Crippen molar-refractivity contribution in [1.82, 2.24) is 24.9 Å². The average molecular weight is 622 g/mol. The minimum Gasteiger partial charge on any atom is -0.256 e. The van der Waals surface area contributed by atoms with E-state index in [4.69, 9.17) is 24.9 Å². The molecule has 4 aromatic heterocycles. The molecule has 0 aliphatic carbocycles. The molecular weight excluding hydrogens is 587 g/mol. The third kappa shape index (κ3) is 5.37. The summed E-state index contributed by atoms with van der Waals surface area (Å²) < 4.78 is 0. The van der Waals surface area contributed by atoms with Gasteiger partial charge in [0.25, 0.3) is 0 Å². The molecule has 232 valence electrons. The Kier molecular flexibility index (Phi) is 7.45. The molecule has 0 amide bonds. The third-order valence-electron chi connectivity index (χ3n) is 9.03. The van der Waals surface area contributed by atoms with Gasteiger partial charge in [-0.3, -0.25) is 9.97 Å². The second kappa shape index (κ2) is 12.1. The van der Waals surface area contributed by atoms with Crippen molar-refractivity contribution in [2.45, 2.75) is 39.5 Å². The molecule has 0 spiro atoms. The summed E-state index contributed by atoms with van der Waals surface area (Å²) in [5.41, 5.74) is 11.7. The lowest BCUT2D eigenvalue weighted by molar-refractivity contribution is 0.811. The fourth-order valence-corrected chi connectivity index (χ4v) is 6.46. The lowest BCUT2D eigenvalue weighted by atomic mass is 9.94. The zero-order chi connectivity index (χ0) is 32.8. The number of para-hydroxylation sites is 1. The zero-order valence-corrected chi connectivity index (χ0v) is 27.5. The first-order chi connectivity index (χ1) is 23.4. The van der Waals surface area contributed by atoms with Crippen LogP contribution in [0.3, 0.4) is 0 Å². The molecule has 48 heavy (non-hydrogen) atoms. The molecule has 4 heterocycles. The first kappa shape index (κ1) is 29.6. The smallest absolute Gasteiger partial charge is 0.160 e. The molecule has 0 radical (unpaired) electrons. The molecule has 0 atom stereocenters. The maximum atomic E-state index is 5.28. The first-order valence-electron chi connectivity index (χ1n) is 16.6. The first-order valence-corrected chi connectivity index (χ1v) is 16.6. The highest BCUT2D eigenvalue weighted by Gasteiger charge is 2.17. The topological polar surface area (TPSA) is 64.5 Å². The molecule has 0 aliphatic heterocycles. The fourth-order valence-electron chi connectivity index (χ4n) is 6.46. The van der Waals surface area contributed by atoms with Gasteiger partial charge in [-0.1, -0.05) is 119 Å². The normalized spacial score (nSPS) is 11.7. The summed E-state index contributed by atoms with van der Waals surface area (Å²) >= 11 is 0. The van der Waals surface area contributed by atoms with Crippen LogP contribution in [0.2, 0.25) is 0 Å². The quantitative estimate of drug-likeness (QED) is 0.173. The van der Waals surface area contributed by atoms with Crippen molar-refractivity contribution in [3.05, 3.63) is 139 Å². The van der Waals surface area contributed by atoms with Crippen LogP contribution in [0.25, 0.3) is 77.9 Å².